The zero-order chi connectivity index (χ0) is 21.3. The minimum absolute atomic E-state index is 0.0189. The van der Waals surface area contributed by atoms with Gasteiger partial charge in [0.15, 0.2) is 5.82 Å². The molecule has 0 spiro atoms. The average Bonchev–Trinajstić information content (AvgIpc) is 2.79. The molecule has 3 rings (SSSR count). The molecule has 0 radical (unpaired) electrons. The lowest BCUT2D eigenvalue weighted by molar-refractivity contribution is -0.125. The molecule has 1 aromatic heterocycles. The number of amides is 1. The number of aromatic nitrogens is 2. The fourth-order valence-corrected chi connectivity index (χ4v) is 4.05. The summed E-state index contributed by atoms with van der Waals surface area (Å²) in [7, 11) is 0. The molecule has 1 aromatic carbocycles. The van der Waals surface area contributed by atoms with Gasteiger partial charge in [0.05, 0.1) is 11.6 Å². The van der Waals surface area contributed by atoms with E-state index in [0.717, 1.165) is 69.1 Å². The number of rotatable bonds is 9. The molecule has 1 atom stereocenters. The Morgan fingerprint density at radius 3 is 2.73 bits per heavy atom. The van der Waals surface area contributed by atoms with E-state index in [1.165, 1.54) is 5.56 Å². The lowest BCUT2D eigenvalue weighted by Gasteiger charge is -2.32. The third kappa shape index (κ3) is 6.02. The molecule has 1 fully saturated rings. The summed E-state index contributed by atoms with van der Waals surface area (Å²) in [4.78, 5) is 17.2. The van der Waals surface area contributed by atoms with Crippen molar-refractivity contribution in [2.75, 3.05) is 44.2 Å². The zero-order valence-electron chi connectivity index (χ0n) is 18.6. The van der Waals surface area contributed by atoms with Gasteiger partial charge in [-0.15, -0.1) is 10.2 Å². The lowest BCUT2D eigenvalue weighted by Crippen LogP contribution is -2.44. The summed E-state index contributed by atoms with van der Waals surface area (Å²) in [5, 5.41) is 12.0. The Morgan fingerprint density at radius 1 is 1.20 bits per heavy atom. The van der Waals surface area contributed by atoms with Crippen LogP contribution < -0.4 is 10.2 Å². The Morgan fingerprint density at radius 2 is 2.03 bits per heavy atom. The van der Waals surface area contributed by atoms with Gasteiger partial charge < -0.3 is 15.1 Å². The monoisotopic (exact) mass is 409 g/mol. The van der Waals surface area contributed by atoms with Gasteiger partial charge in [0, 0.05) is 25.2 Å². The van der Waals surface area contributed by atoms with E-state index in [-0.39, 0.29) is 11.8 Å². The van der Waals surface area contributed by atoms with Crippen LogP contribution in [0.15, 0.2) is 36.4 Å². The predicted octanol–water partition coefficient (Wildman–Crippen LogP) is 3.52. The molecule has 1 amide bonds. The minimum atomic E-state index is 0.0189. The predicted molar refractivity (Wildman–Crippen MR) is 123 cm³/mol. The molecule has 30 heavy (non-hydrogen) atoms. The maximum atomic E-state index is 12.6. The fourth-order valence-electron chi connectivity index (χ4n) is 4.05. The van der Waals surface area contributed by atoms with Crippen LogP contribution in [0.25, 0.3) is 11.3 Å². The summed E-state index contributed by atoms with van der Waals surface area (Å²) >= 11 is 0. The van der Waals surface area contributed by atoms with E-state index in [1.807, 2.05) is 18.2 Å². The Labute approximate surface area is 180 Å². The molecule has 6 nitrogen and oxygen atoms in total. The number of nitrogens with one attached hydrogen (secondary N) is 1. The third-order valence-corrected chi connectivity index (χ3v) is 5.93. The van der Waals surface area contributed by atoms with Gasteiger partial charge in [-0.25, -0.2) is 0 Å². The van der Waals surface area contributed by atoms with Crippen LogP contribution in [0.4, 0.5) is 5.82 Å². The van der Waals surface area contributed by atoms with Gasteiger partial charge in [0.25, 0.3) is 0 Å². The van der Waals surface area contributed by atoms with Gasteiger partial charge in [0.1, 0.15) is 0 Å². The zero-order valence-corrected chi connectivity index (χ0v) is 18.6. The quantitative estimate of drug-likeness (QED) is 0.642. The van der Waals surface area contributed by atoms with Crippen molar-refractivity contribution in [3.05, 3.63) is 42.0 Å². The smallest absolute Gasteiger partial charge is 0.224 e. The molecule has 6 heteroatoms. The summed E-state index contributed by atoms with van der Waals surface area (Å²) in [5.41, 5.74) is 3.16. The Balaban J connectivity index is 1.52. The van der Waals surface area contributed by atoms with Crippen molar-refractivity contribution in [3.8, 4) is 11.3 Å². The van der Waals surface area contributed by atoms with Gasteiger partial charge in [-0.2, -0.15) is 0 Å². The van der Waals surface area contributed by atoms with Crippen LogP contribution in [0.2, 0.25) is 0 Å². The molecule has 2 aromatic rings. The van der Waals surface area contributed by atoms with E-state index >= 15 is 0 Å². The number of anilines is 1. The van der Waals surface area contributed by atoms with Crippen LogP contribution in [0.1, 0.15) is 38.7 Å². The molecule has 1 aliphatic rings. The van der Waals surface area contributed by atoms with E-state index in [9.17, 15) is 4.79 Å². The van der Waals surface area contributed by atoms with Crippen molar-refractivity contribution in [1.82, 2.24) is 20.4 Å². The second kappa shape index (κ2) is 11.1. The first-order chi connectivity index (χ1) is 14.6. The Kier molecular flexibility index (Phi) is 8.20. The topological polar surface area (TPSA) is 61.4 Å². The van der Waals surface area contributed by atoms with Gasteiger partial charge >= 0.3 is 0 Å². The molecule has 0 saturated carbocycles. The number of carbonyl (C=O) groups is 1. The van der Waals surface area contributed by atoms with Crippen molar-refractivity contribution >= 4 is 11.7 Å². The number of carbonyl (C=O) groups excluding carboxylic acids is 1. The van der Waals surface area contributed by atoms with Crippen LogP contribution in [0.5, 0.6) is 0 Å². The van der Waals surface area contributed by atoms with E-state index < -0.39 is 0 Å². The van der Waals surface area contributed by atoms with Gasteiger partial charge in [-0.3, -0.25) is 4.79 Å². The largest absolute Gasteiger partial charge is 0.356 e. The van der Waals surface area contributed by atoms with Crippen molar-refractivity contribution in [1.29, 1.82) is 0 Å². The number of piperidine rings is 1. The SMILES string of the molecule is CCN(CC)CCCNC(=O)[C@@H]1CCCN(c2ccc(-c3cccc(C)c3)nn2)C1. The summed E-state index contributed by atoms with van der Waals surface area (Å²) < 4.78 is 0. The van der Waals surface area contributed by atoms with Gasteiger partial charge in [-0.1, -0.05) is 37.6 Å². The van der Waals surface area contributed by atoms with Crippen LogP contribution in [-0.2, 0) is 4.79 Å². The number of hydrogen-bond donors (Lipinski definition) is 1. The highest BCUT2D eigenvalue weighted by molar-refractivity contribution is 5.79. The molecular formula is C24H35N5O. The van der Waals surface area contributed by atoms with E-state index in [4.69, 9.17) is 0 Å². The van der Waals surface area contributed by atoms with Crippen molar-refractivity contribution in [2.45, 2.75) is 40.0 Å². The molecule has 1 aliphatic heterocycles. The maximum Gasteiger partial charge on any atom is 0.224 e. The molecular weight excluding hydrogens is 374 g/mol. The standard InChI is InChI=1S/C24H35N5O/c1-4-28(5-2)15-8-14-25-24(30)21-11-7-16-29(18-21)23-13-12-22(26-27-23)20-10-6-9-19(3)17-20/h6,9-10,12-13,17,21H,4-5,7-8,11,14-16,18H2,1-3H3,(H,25,30)/t21-/m1/s1. The highest BCUT2D eigenvalue weighted by atomic mass is 16.1. The highest BCUT2D eigenvalue weighted by Crippen LogP contribution is 2.23. The van der Waals surface area contributed by atoms with Crippen molar-refractivity contribution < 1.29 is 4.79 Å². The van der Waals surface area contributed by atoms with Crippen LogP contribution in [0.3, 0.4) is 0 Å². The Hall–Kier alpha value is -2.47. The van der Waals surface area contributed by atoms with Crippen LogP contribution >= 0.6 is 0 Å². The second-order valence-electron chi connectivity index (χ2n) is 8.10. The van der Waals surface area contributed by atoms with Gasteiger partial charge in [-0.05, 0) is 64.0 Å². The first-order valence-corrected chi connectivity index (χ1v) is 11.3. The summed E-state index contributed by atoms with van der Waals surface area (Å²) in [6.07, 6.45) is 2.93. The lowest BCUT2D eigenvalue weighted by atomic mass is 9.97. The number of aryl methyl sites for hydroxylation is 1. The highest BCUT2D eigenvalue weighted by Gasteiger charge is 2.26. The van der Waals surface area contributed by atoms with Crippen molar-refractivity contribution in [3.63, 3.8) is 0 Å². The van der Waals surface area contributed by atoms with Gasteiger partial charge in [0.2, 0.25) is 5.91 Å². The maximum absolute atomic E-state index is 12.6. The van der Waals surface area contributed by atoms with Crippen LogP contribution in [0, 0.1) is 12.8 Å². The van der Waals surface area contributed by atoms with E-state index in [1.54, 1.807) is 0 Å². The first kappa shape index (κ1) is 22.2. The first-order valence-electron chi connectivity index (χ1n) is 11.3. The minimum Gasteiger partial charge on any atom is -0.356 e. The second-order valence-corrected chi connectivity index (χ2v) is 8.10. The van der Waals surface area contributed by atoms with E-state index in [2.05, 4.69) is 64.3 Å². The molecule has 2 heterocycles. The summed E-state index contributed by atoms with van der Waals surface area (Å²) in [6.45, 7) is 12.0. The molecule has 0 bridgehead atoms. The molecule has 1 saturated heterocycles. The number of nitrogens with zero attached hydrogens (tertiary/aromatic N) is 4. The van der Waals surface area contributed by atoms with E-state index in [0.29, 0.717) is 6.54 Å². The average molecular weight is 410 g/mol. The number of hydrogen-bond acceptors (Lipinski definition) is 5. The van der Waals surface area contributed by atoms with Crippen molar-refractivity contribution in [2.24, 2.45) is 5.92 Å². The fraction of sp³-hybridized carbons (Fsp3) is 0.542. The van der Waals surface area contributed by atoms with Crippen LogP contribution in [-0.4, -0.2) is 60.3 Å². The molecule has 162 valence electrons. The normalized spacial score (nSPS) is 16.7. The molecule has 0 aliphatic carbocycles. The summed E-state index contributed by atoms with van der Waals surface area (Å²) in [5.74, 6) is 1.04. The Bertz CT molecular complexity index is 803. The third-order valence-electron chi connectivity index (χ3n) is 5.93. The summed E-state index contributed by atoms with van der Waals surface area (Å²) in [6, 6.07) is 12.3. The molecule has 1 N–H and O–H groups in total. The number of benzene rings is 1. The molecule has 0 unspecified atom stereocenters.